The summed E-state index contributed by atoms with van der Waals surface area (Å²) in [4.78, 5) is 38.2. The molecular weight excluding hydrogens is 841 g/mol. The van der Waals surface area contributed by atoms with Crippen LogP contribution in [0.3, 0.4) is 0 Å². The number of unbranched alkanes of at least 4 members (excludes halogenated alkanes) is 35. The van der Waals surface area contributed by atoms with E-state index in [2.05, 4.69) is 69.4 Å². The molecule has 0 aromatic carbocycles. The summed E-state index contributed by atoms with van der Waals surface area (Å²) >= 11 is 0. The van der Waals surface area contributed by atoms with Gasteiger partial charge in [0.15, 0.2) is 6.10 Å². The minimum absolute atomic E-state index is 0.0790. The van der Waals surface area contributed by atoms with Gasteiger partial charge in [-0.05, 0) is 83.5 Å². The van der Waals surface area contributed by atoms with Crippen LogP contribution in [0, 0.1) is 0 Å². The van der Waals surface area contributed by atoms with Crippen molar-refractivity contribution < 1.29 is 28.6 Å². The van der Waals surface area contributed by atoms with Gasteiger partial charge < -0.3 is 14.2 Å². The van der Waals surface area contributed by atoms with E-state index >= 15 is 0 Å². The van der Waals surface area contributed by atoms with Gasteiger partial charge >= 0.3 is 17.9 Å². The lowest BCUT2D eigenvalue weighted by Gasteiger charge is -2.18. The first-order valence-corrected chi connectivity index (χ1v) is 29.6. The Morgan fingerprint density at radius 3 is 0.868 bits per heavy atom. The summed E-state index contributed by atoms with van der Waals surface area (Å²) in [5.74, 6) is -0.884. The van der Waals surface area contributed by atoms with Crippen molar-refractivity contribution in [2.75, 3.05) is 13.2 Å². The topological polar surface area (TPSA) is 78.9 Å². The number of carbonyl (C=O) groups excluding carboxylic acids is 3. The Morgan fingerprint density at radius 1 is 0.294 bits per heavy atom. The monoisotopic (exact) mass is 953 g/mol. The molecule has 0 spiro atoms. The molecule has 0 fully saturated rings. The molecular formula is C62H112O6. The number of rotatable bonds is 54. The third kappa shape index (κ3) is 54.3. The predicted molar refractivity (Wildman–Crippen MR) is 293 cm³/mol. The number of carbonyl (C=O) groups is 3. The molecule has 396 valence electrons. The molecule has 1 unspecified atom stereocenters. The summed E-state index contributed by atoms with van der Waals surface area (Å²) < 4.78 is 16.9. The summed E-state index contributed by atoms with van der Waals surface area (Å²) in [6, 6.07) is 0. The van der Waals surface area contributed by atoms with Crippen molar-refractivity contribution in [3.63, 3.8) is 0 Å². The lowest BCUT2D eigenvalue weighted by atomic mass is 10.0. The van der Waals surface area contributed by atoms with Gasteiger partial charge in [0, 0.05) is 19.3 Å². The zero-order chi connectivity index (χ0) is 49.3. The number of ether oxygens (including phenoxy) is 3. The summed E-state index contributed by atoms with van der Waals surface area (Å²) in [5.41, 5.74) is 0. The molecule has 0 N–H and O–H groups in total. The van der Waals surface area contributed by atoms with Gasteiger partial charge in [-0.15, -0.1) is 0 Å². The molecule has 0 amide bonds. The molecule has 6 nitrogen and oxygen atoms in total. The van der Waals surface area contributed by atoms with E-state index in [1.165, 1.54) is 186 Å². The van der Waals surface area contributed by atoms with Gasteiger partial charge in [-0.3, -0.25) is 14.4 Å². The molecule has 0 aliphatic carbocycles. The number of hydrogen-bond donors (Lipinski definition) is 0. The summed E-state index contributed by atoms with van der Waals surface area (Å²) in [7, 11) is 0. The molecule has 0 aromatic rings. The van der Waals surface area contributed by atoms with Gasteiger partial charge in [0.2, 0.25) is 0 Å². The van der Waals surface area contributed by atoms with Gasteiger partial charge in [0.1, 0.15) is 13.2 Å². The molecule has 0 aliphatic heterocycles. The van der Waals surface area contributed by atoms with E-state index in [4.69, 9.17) is 14.2 Å². The van der Waals surface area contributed by atoms with E-state index in [-0.39, 0.29) is 31.1 Å². The highest BCUT2D eigenvalue weighted by atomic mass is 16.6. The Balaban J connectivity index is 4.34. The lowest BCUT2D eigenvalue weighted by molar-refractivity contribution is -0.167. The SMILES string of the molecule is CCCCC/C=C\C/C=C\C/C=C\CCCCCCCCC(=O)OCC(COC(=O)CCCCCCC/C=C\CCCCC)OC(=O)CCCCCCCCCCCCCCCCCCCCC. The van der Waals surface area contributed by atoms with Crippen LogP contribution in [0.4, 0.5) is 0 Å². The Bertz CT molecular complexity index is 1190. The van der Waals surface area contributed by atoms with Crippen LogP contribution in [-0.4, -0.2) is 37.2 Å². The Labute approximate surface area is 422 Å². The first-order valence-electron chi connectivity index (χ1n) is 29.6. The highest BCUT2D eigenvalue weighted by molar-refractivity contribution is 5.71. The molecule has 68 heavy (non-hydrogen) atoms. The van der Waals surface area contributed by atoms with Gasteiger partial charge in [0.05, 0.1) is 0 Å². The van der Waals surface area contributed by atoms with Crippen LogP contribution in [0.1, 0.15) is 310 Å². The zero-order valence-electron chi connectivity index (χ0n) is 45.4. The molecule has 0 heterocycles. The Morgan fingerprint density at radius 2 is 0.529 bits per heavy atom. The molecule has 0 aromatic heterocycles. The van der Waals surface area contributed by atoms with Crippen LogP contribution in [0.15, 0.2) is 48.6 Å². The predicted octanol–water partition coefficient (Wildman–Crippen LogP) is 19.8. The maximum atomic E-state index is 12.9. The number of hydrogen-bond acceptors (Lipinski definition) is 6. The highest BCUT2D eigenvalue weighted by Crippen LogP contribution is 2.17. The molecule has 0 saturated carbocycles. The van der Waals surface area contributed by atoms with E-state index in [1.54, 1.807) is 0 Å². The second kappa shape index (κ2) is 57.0. The second-order valence-electron chi connectivity index (χ2n) is 19.9. The summed E-state index contributed by atoms with van der Waals surface area (Å²) in [5, 5.41) is 0. The second-order valence-corrected chi connectivity index (χ2v) is 19.9. The molecule has 0 radical (unpaired) electrons. The van der Waals surface area contributed by atoms with Crippen molar-refractivity contribution in [3.05, 3.63) is 48.6 Å². The average molecular weight is 954 g/mol. The first-order chi connectivity index (χ1) is 33.5. The molecule has 0 aliphatic rings. The lowest BCUT2D eigenvalue weighted by Crippen LogP contribution is -2.30. The van der Waals surface area contributed by atoms with E-state index in [0.717, 1.165) is 83.5 Å². The quantitative estimate of drug-likeness (QED) is 0.0262. The fraction of sp³-hybridized carbons (Fsp3) is 0.823. The van der Waals surface area contributed by atoms with Crippen LogP contribution >= 0.6 is 0 Å². The van der Waals surface area contributed by atoms with Crippen LogP contribution in [0.2, 0.25) is 0 Å². The smallest absolute Gasteiger partial charge is 0.306 e. The van der Waals surface area contributed by atoms with Crippen LogP contribution < -0.4 is 0 Å². The van der Waals surface area contributed by atoms with E-state index in [9.17, 15) is 14.4 Å². The van der Waals surface area contributed by atoms with Crippen molar-refractivity contribution in [2.24, 2.45) is 0 Å². The number of esters is 3. The van der Waals surface area contributed by atoms with E-state index in [0.29, 0.717) is 19.3 Å². The average Bonchev–Trinajstić information content (AvgIpc) is 3.34. The molecule has 1 atom stereocenters. The van der Waals surface area contributed by atoms with Crippen molar-refractivity contribution in [1.29, 1.82) is 0 Å². The normalized spacial score (nSPS) is 12.3. The summed E-state index contributed by atoms with van der Waals surface area (Å²) in [6.07, 6.45) is 69.6. The number of allylic oxidation sites excluding steroid dienone is 8. The standard InChI is InChI=1S/C62H112O6/c1-4-7-10-13-16-19-22-25-27-29-31-33-35-37-40-43-46-49-52-55-61(64)67-58-59(57-66-60(63)54-51-48-45-42-39-24-21-18-15-12-9-6-3)68-62(65)56-53-50-47-44-41-38-36-34-32-30-28-26-23-20-17-14-11-8-5-2/h16,18-19,21,25,27,31,33,59H,4-15,17,20,22-24,26,28-30,32,34-58H2,1-3H3/b19-16-,21-18-,27-25-,33-31-. The highest BCUT2D eigenvalue weighted by Gasteiger charge is 2.19. The maximum Gasteiger partial charge on any atom is 0.306 e. The fourth-order valence-electron chi connectivity index (χ4n) is 8.56. The van der Waals surface area contributed by atoms with E-state index < -0.39 is 6.10 Å². The van der Waals surface area contributed by atoms with Crippen molar-refractivity contribution in [3.8, 4) is 0 Å². The van der Waals surface area contributed by atoms with E-state index in [1.807, 2.05) is 0 Å². The van der Waals surface area contributed by atoms with Crippen molar-refractivity contribution in [2.45, 2.75) is 316 Å². The summed E-state index contributed by atoms with van der Waals surface area (Å²) in [6.45, 7) is 6.61. The molecule has 0 bridgehead atoms. The van der Waals surface area contributed by atoms with Gasteiger partial charge in [-0.25, -0.2) is 0 Å². The van der Waals surface area contributed by atoms with Gasteiger partial charge in [-0.1, -0.05) is 256 Å². The zero-order valence-corrected chi connectivity index (χ0v) is 45.4. The largest absolute Gasteiger partial charge is 0.462 e. The minimum atomic E-state index is -0.780. The van der Waals surface area contributed by atoms with Crippen molar-refractivity contribution >= 4 is 17.9 Å². The Hall–Kier alpha value is -2.63. The Kier molecular flexibility index (Phi) is 54.8. The maximum absolute atomic E-state index is 12.9. The third-order valence-corrected chi connectivity index (χ3v) is 13.1. The molecule has 6 heteroatoms. The minimum Gasteiger partial charge on any atom is -0.462 e. The van der Waals surface area contributed by atoms with Gasteiger partial charge in [-0.2, -0.15) is 0 Å². The van der Waals surface area contributed by atoms with Crippen LogP contribution in [-0.2, 0) is 28.6 Å². The van der Waals surface area contributed by atoms with Gasteiger partial charge in [0.25, 0.3) is 0 Å². The van der Waals surface area contributed by atoms with Crippen LogP contribution in [0.25, 0.3) is 0 Å². The molecule has 0 saturated heterocycles. The fourth-order valence-corrected chi connectivity index (χ4v) is 8.56. The molecule has 0 rings (SSSR count). The third-order valence-electron chi connectivity index (χ3n) is 13.1. The van der Waals surface area contributed by atoms with Crippen LogP contribution in [0.5, 0.6) is 0 Å². The van der Waals surface area contributed by atoms with Crippen molar-refractivity contribution in [1.82, 2.24) is 0 Å². The first kappa shape index (κ1) is 65.4.